The number of halogens is 4. The Labute approximate surface area is 207 Å². The van der Waals surface area contributed by atoms with E-state index in [1.165, 1.54) is 11.6 Å². The van der Waals surface area contributed by atoms with Crippen molar-refractivity contribution in [2.45, 2.75) is 13.3 Å². The second-order valence-corrected chi connectivity index (χ2v) is 8.70. The molecule has 0 spiro atoms. The predicted octanol–water partition coefficient (Wildman–Crippen LogP) is 7.25. The first-order valence-corrected chi connectivity index (χ1v) is 11.3. The third-order valence-electron chi connectivity index (χ3n) is 4.52. The molecule has 0 aliphatic heterocycles. The monoisotopic (exact) mass is 514 g/mol. The number of ether oxygens (including phenoxy) is 3. The first-order valence-electron chi connectivity index (χ1n) is 9.84. The molecule has 0 amide bonds. The number of benzene rings is 2. The van der Waals surface area contributed by atoms with Crippen LogP contribution in [0.4, 0.5) is 0 Å². The molecule has 3 rings (SSSR count). The highest BCUT2D eigenvalue weighted by atomic mass is 35.5. The van der Waals surface area contributed by atoms with Gasteiger partial charge in [0.1, 0.15) is 16.8 Å². The summed E-state index contributed by atoms with van der Waals surface area (Å²) in [5.41, 5.74) is 3.30. The second-order valence-electron chi connectivity index (χ2n) is 6.88. The normalized spacial score (nSPS) is 10.7. The fourth-order valence-corrected chi connectivity index (χ4v) is 3.69. The van der Waals surface area contributed by atoms with Crippen LogP contribution < -0.4 is 14.2 Å². The van der Waals surface area contributed by atoms with Gasteiger partial charge in [0.25, 0.3) is 0 Å². The molecule has 170 valence electrons. The minimum atomic E-state index is 0.126. The zero-order valence-corrected chi connectivity index (χ0v) is 20.6. The minimum Gasteiger partial charge on any atom is -0.490 e. The van der Waals surface area contributed by atoms with Crippen molar-refractivity contribution in [3.63, 3.8) is 0 Å². The highest BCUT2D eigenvalue weighted by Crippen LogP contribution is 2.37. The van der Waals surface area contributed by atoms with Crippen molar-refractivity contribution < 1.29 is 14.2 Å². The van der Waals surface area contributed by atoms with Gasteiger partial charge in [0, 0.05) is 37.2 Å². The van der Waals surface area contributed by atoms with Crippen molar-refractivity contribution in [1.82, 2.24) is 9.78 Å². The Kier molecular flexibility index (Phi) is 9.00. The van der Waals surface area contributed by atoms with Crippen LogP contribution in [0.2, 0.25) is 10.0 Å². The van der Waals surface area contributed by atoms with Crippen LogP contribution >= 0.6 is 46.4 Å². The van der Waals surface area contributed by atoms with Crippen molar-refractivity contribution in [2.75, 3.05) is 19.8 Å². The van der Waals surface area contributed by atoms with Gasteiger partial charge in [-0.2, -0.15) is 0 Å². The largest absolute Gasteiger partial charge is 0.490 e. The highest BCUT2D eigenvalue weighted by Gasteiger charge is 2.12. The molecule has 1 aromatic heterocycles. The van der Waals surface area contributed by atoms with Crippen LogP contribution in [0.5, 0.6) is 17.4 Å². The van der Waals surface area contributed by atoms with Gasteiger partial charge in [-0.3, -0.25) is 4.68 Å². The van der Waals surface area contributed by atoms with E-state index in [4.69, 9.17) is 60.6 Å². The van der Waals surface area contributed by atoms with Gasteiger partial charge in [-0.1, -0.05) is 70.7 Å². The summed E-state index contributed by atoms with van der Waals surface area (Å²) in [6.07, 6.45) is 2.14. The van der Waals surface area contributed by atoms with Crippen molar-refractivity contribution >= 4 is 46.4 Å². The summed E-state index contributed by atoms with van der Waals surface area (Å²) in [4.78, 5) is 0. The van der Waals surface area contributed by atoms with Crippen LogP contribution in [0.1, 0.15) is 12.0 Å². The minimum absolute atomic E-state index is 0.126. The van der Waals surface area contributed by atoms with E-state index in [1.807, 2.05) is 29.9 Å². The Morgan fingerprint density at radius 1 is 1.00 bits per heavy atom. The maximum atomic E-state index is 6.27. The van der Waals surface area contributed by atoms with E-state index >= 15 is 0 Å². The van der Waals surface area contributed by atoms with Crippen LogP contribution in [0.25, 0.3) is 11.3 Å². The van der Waals surface area contributed by atoms with Crippen molar-refractivity contribution in [3.05, 3.63) is 68.6 Å². The molecule has 0 bridgehead atoms. The molecule has 9 heteroatoms. The molecule has 5 nitrogen and oxygen atoms in total. The van der Waals surface area contributed by atoms with Crippen LogP contribution in [0, 0.1) is 6.92 Å². The molecule has 3 aromatic rings. The lowest BCUT2D eigenvalue weighted by atomic mass is 10.1. The molecule has 2 aromatic carbocycles. The number of hydrogen-bond acceptors (Lipinski definition) is 4. The van der Waals surface area contributed by atoms with E-state index < -0.39 is 0 Å². The summed E-state index contributed by atoms with van der Waals surface area (Å²) in [6.45, 7) is 3.08. The number of rotatable bonds is 10. The van der Waals surface area contributed by atoms with Crippen molar-refractivity contribution in [3.8, 4) is 28.6 Å². The molecule has 0 saturated heterocycles. The van der Waals surface area contributed by atoms with Gasteiger partial charge in [-0.25, -0.2) is 0 Å². The summed E-state index contributed by atoms with van der Waals surface area (Å²) in [5.74, 6) is 1.45. The van der Waals surface area contributed by atoms with E-state index in [0.717, 1.165) is 11.3 Å². The van der Waals surface area contributed by atoms with Gasteiger partial charge >= 0.3 is 0 Å². The van der Waals surface area contributed by atoms with Gasteiger partial charge in [-0.15, -0.1) is 5.10 Å². The van der Waals surface area contributed by atoms with Crippen LogP contribution in [0.15, 0.2) is 53.0 Å². The Hall–Kier alpha value is -2.05. The third-order valence-corrected chi connectivity index (χ3v) is 5.39. The number of aromatic nitrogens is 2. The van der Waals surface area contributed by atoms with Gasteiger partial charge in [0.2, 0.25) is 5.88 Å². The van der Waals surface area contributed by atoms with E-state index in [0.29, 0.717) is 47.1 Å². The van der Waals surface area contributed by atoms with E-state index in [1.54, 1.807) is 12.1 Å². The molecule has 0 N–H and O–H groups in total. The van der Waals surface area contributed by atoms with E-state index in [9.17, 15) is 0 Å². The summed E-state index contributed by atoms with van der Waals surface area (Å²) in [7, 11) is 1.90. The van der Waals surface area contributed by atoms with Gasteiger partial charge in [0.15, 0.2) is 5.75 Å². The molecule has 0 unspecified atom stereocenters. The maximum absolute atomic E-state index is 6.27. The Morgan fingerprint density at radius 3 is 2.38 bits per heavy atom. The fraction of sp³-hybridized carbons (Fsp3) is 0.261. The number of nitrogens with zero attached hydrogens (tertiary/aromatic N) is 2. The number of aryl methyl sites for hydroxylation is 2. The topological polar surface area (TPSA) is 45.5 Å². The first-order chi connectivity index (χ1) is 15.3. The average molecular weight is 516 g/mol. The molecular weight excluding hydrogens is 494 g/mol. The van der Waals surface area contributed by atoms with Crippen molar-refractivity contribution in [2.24, 2.45) is 7.05 Å². The molecule has 32 heavy (non-hydrogen) atoms. The summed E-state index contributed by atoms with van der Waals surface area (Å²) < 4.78 is 18.9. The molecule has 1 heterocycles. The maximum Gasteiger partial charge on any atom is 0.233 e. The fourth-order valence-electron chi connectivity index (χ4n) is 2.99. The standard InChI is InChI=1S/C23H22Cl4N2O3/c1-15-6-3-4-7-17(15)20-14-22(28-29(20)2)31-9-5-10-32-23-18(24)12-16(13-19(23)25)30-11-8-21(26)27/h3-4,6-8,12-14H,5,9-11H2,1-2H3. The smallest absolute Gasteiger partial charge is 0.233 e. The van der Waals surface area contributed by atoms with Crippen molar-refractivity contribution in [1.29, 1.82) is 0 Å². The Balaban J connectivity index is 1.49. The quantitative estimate of drug-likeness (QED) is 0.267. The molecule has 0 saturated carbocycles. The third kappa shape index (κ3) is 6.72. The average Bonchev–Trinajstić information content (AvgIpc) is 3.10. The lowest BCUT2D eigenvalue weighted by molar-refractivity contribution is 0.241. The number of hydrogen-bond donors (Lipinski definition) is 0. The van der Waals surface area contributed by atoms with Crippen LogP contribution in [0.3, 0.4) is 0 Å². The second kappa shape index (κ2) is 11.7. The SMILES string of the molecule is Cc1ccccc1-c1cc(OCCCOc2c(Cl)cc(OCC=C(Cl)Cl)cc2Cl)nn1C. The van der Waals surface area contributed by atoms with Crippen LogP contribution in [-0.2, 0) is 7.05 Å². The molecule has 0 radical (unpaired) electrons. The molecule has 0 aliphatic rings. The molecule has 0 atom stereocenters. The summed E-state index contributed by atoms with van der Waals surface area (Å²) in [6, 6.07) is 13.3. The Morgan fingerprint density at radius 2 is 1.69 bits per heavy atom. The van der Waals surface area contributed by atoms with Gasteiger partial charge in [-0.05, 0) is 18.6 Å². The zero-order chi connectivity index (χ0) is 23.1. The summed E-state index contributed by atoms with van der Waals surface area (Å²) in [5, 5.41) is 5.13. The van der Waals surface area contributed by atoms with Gasteiger partial charge < -0.3 is 14.2 Å². The van der Waals surface area contributed by atoms with E-state index in [2.05, 4.69) is 24.2 Å². The molecule has 0 fully saturated rings. The predicted molar refractivity (Wildman–Crippen MR) is 131 cm³/mol. The molecular formula is C23H22Cl4N2O3. The lowest BCUT2D eigenvalue weighted by Gasteiger charge is -2.12. The van der Waals surface area contributed by atoms with E-state index in [-0.39, 0.29) is 11.1 Å². The van der Waals surface area contributed by atoms with Gasteiger partial charge in [0.05, 0.1) is 29.0 Å². The lowest BCUT2D eigenvalue weighted by Crippen LogP contribution is -2.06. The Bertz CT molecular complexity index is 1070. The highest BCUT2D eigenvalue weighted by molar-refractivity contribution is 6.55. The zero-order valence-electron chi connectivity index (χ0n) is 17.6. The van der Waals surface area contributed by atoms with Crippen LogP contribution in [-0.4, -0.2) is 29.6 Å². The first kappa shape index (κ1) is 24.6. The molecule has 0 aliphatic carbocycles. The summed E-state index contributed by atoms with van der Waals surface area (Å²) >= 11 is 23.7.